The van der Waals surface area contributed by atoms with Crippen molar-refractivity contribution < 1.29 is 10.2 Å². The highest BCUT2D eigenvalue weighted by Crippen LogP contribution is 2.26. The molecule has 1 aliphatic rings. The van der Waals surface area contributed by atoms with Crippen LogP contribution in [0.1, 0.15) is 52.4 Å². The minimum Gasteiger partial charge on any atom is -0.508 e. The number of aliphatic hydroxyl groups excluding tert-OH is 2. The Hall–Kier alpha value is -1.22. The highest BCUT2D eigenvalue weighted by Gasteiger charge is 2.11. The molecule has 18 heavy (non-hydrogen) atoms. The van der Waals surface area contributed by atoms with Crippen molar-refractivity contribution >= 4 is 0 Å². The lowest BCUT2D eigenvalue weighted by molar-refractivity contribution is 0.316. The van der Waals surface area contributed by atoms with Gasteiger partial charge in [-0.3, -0.25) is 0 Å². The summed E-state index contributed by atoms with van der Waals surface area (Å²) in [5, 5.41) is 19.1. The predicted molar refractivity (Wildman–Crippen MR) is 75.1 cm³/mol. The number of rotatable bonds is 5. The zero-order chi connectivity index (χ0) is 13.5. The van der Waals surface area contributed by atoms with E-state index in [1.807, 2.05) is 0 Å². The Balaban J connectivity index is 2.71. The van der Waals surface area contributed by atoms with E-state index in [2.05, 4.69) is 6.08 Å². The van der Waals surface area contributed by atoms with Crippen LogP contribution in [0.4, 0.5) is 0 Å². The third-order valence-electron chi connectivity index (χ3n) is 3.48. The fourth-order valence-electron chi connectivity index (χ4n) is 2.25. The molecule has 4 N–H and O–H groups in total. The molecule has 0 saturated heterocycles. The SMILES string of the molecule is C/C(CO)=C(O)\C(CCC1=CCCCC1)=C(/C)N. The van der Waals surface area contributed by atoms with Crippen LogP contribution in [-0.2, 0) is 0 Å². The van der Waals surface area contributed by atoms with Gasteiger partial charge in [-0.05, 0) is 57.9 Å². The highest BCUT2D eigenvalue weighted by atomic mass is 16.3. The monoisotopic (exact) mass is 251 g/mol. The van der Waals surface area contributed by atoms with E-state index in [0.29, 0.717) is 11.3 Å². The first-order chi connectivity index (χ1) is 8.56. The normalized spacial score (nSPS) is 18.9. The van der Waals surface area contributed by atoms with Crippen LogP contribution in [0.25, 0.3) is 0 Å². The zero-order valence-corrected chi connectivity index (χ0v) is 11.5. The molecule has 0 aromatic rings. The van der Waals surface area contributed by atoms with E-state index in [1.54, 1.807) is 13.8 Å². The Morgan fingerprint density at radius 2 is 2.06 bits per heavy atom. The largest absolute Gasteiger partial charge is 0.508 e. The van der Waals surface area contributed by atoms with E-state index < -0.39 is 0 Å². The molecule has 0 radical (unpaired) electrons. The molecule has 0 aliphatic heterocycles. The molecule has 0 spiro atoms. The van der Waals surface area contributed by atoms with Crippen molar-refractivity contribution in [3.8, 4) is 0 Å². The second-order valence-electron chi connectivity index (χ2n) is 5.06. The summed E-state index contributed by atoms with van der Waals surface area (Å²) in [6, 6.07) is 0. The summed E-state index contributed by atoms with van der Waals surface area (Å²) in [6.07, 6.45) is 8.91. The minimum absolute atomic E-state index is 0.134. The smallest absolute Gasteiger partial charge is 0.121 e. The van der Waals surface area contributed by atoms with E-state index in [4.69, 9.17) is 10.8 Å². The first-order valence-electron chi connectivity index (χ1n) is 6.69. The molecule has 0 atom stereocenters. The van der Waals surface area contributed by atoms with Gasteiger partial charge in [-0.15, -0.1) is 0 Å². The van der Waals surface area contributed by atoms with Gasteiger partial charge >= 0.3 is 0 Å². The van der Waals surface area contributed by atoms with Crippen molar-refractivity contribution in [2.45, 2.75) is 52.4 Å². The molecule has 0 bridgehead atoms. The molecule has 3 heteroatoms. The summed E-state index contributed by atoms with van der Waals surface area (Å²) in [5.74, 6) is 0.161. The van der Waals surface area contributed by atoms with E-state index in [9.17, 15) is 5.11 Å². The summed E-state index contributed by atoms with van der Waals surface area (Å²) < 4.78 is 0. The predicted octanol–water partition coefficient (Wildman–Crippen LogP) is 3.32. The summed E-state index contributed by atoms with van der Waals surface area (Å²) in [5.41, 5.74) is 9.28. The minimum atomic E-state index is -0.134. The van der Waals surface area contributed by atoms with Crippen LogP contribution in [0.15, 0.2) is 34.3 Å². The van der Waals surface area contributed by atoms with Crippen LogP contribution in [0.5, 0.6) is 0 Å². The molecule has 102 valence electrons. The maximum Gasteiger partial charge on any atom is 0.121 e. The lowest BCUT2D eigenvalue weighted by atomic mass is 9.93. The van der Waals surface area contributed by atoms with Crippen molar-refractivity contribution in [3.05, 3.63) is 34.3 Å². The van der Waals surface area contributed by atoms with Crippen molar-refractivity contribution in [2.24, 2.45) is 5.73 Å². The summed E-state index contributed by atoms with van der Waals surface area (Å²) in [4.78, 5) is 0. The first-order valence-corrected chi connectivity index (χ1v) is 6.69. The standard InChI is InChI=1S/C15H25NO2/c1-11(10-17)15(18)14(12(2)16)9-8-13-6-4-3-5-7-13/h6,17-18H,3-5,7-10,16H2,1-2H3/b14-12+,15-11-. The van der Waals surface area contributed by atoms with Crippen LogP contribution < -0.4 is 5.73 Å². The molecule has 0 fully saturated rings. The van der Waals surface area contributed by atoms with Crippen molar-refractivity contribution in [1.29, 1.82) is 0 Å². The zero-order valence-electron chi connectivity index (χ0n) is 11.5. The van der Waals surface area contributed by atoms with Crippen LogP contribution >= 0.6 is 0 Å². The van der Waals surface area contributed by atoms with E-state index in [1.165, 1.54) is 31.3 Å². The van der Waals surface area contributed by atoms with Gasteiger partial charge in [0.25, 0.3) is 0 Å². The van der Waals surface area contributed by atoms with Crippen LogP contribution in [0, 0.1) is 0 Å². The number of hydrogen-bond donors (Lipinski definition) is 3. The van der Waals surface area contributed by atoms with Crippen LogP contribution in [0.3, 0.4) is 0 Å². The van der Waals surface area contributed by atoms with Gasteiger partial charge in [-0.2, -0.15) is 0 Å². The first kappa shape index (κ1) is 14.8. The molecule has 0 heterocycles. The number of nitrogens with two attached hydrogens (primary N) is 1. The Morgan fingerprint density at radius 3 is 2.56 bits per heavy atom. The van der Waals surface area contributed by atoms with Gasteiger partial charge in [0.05, 0.1) is 6.61 Å². The van der Waals surface area contributed by atoms with Crippen molar-refractivity contribution in [2.75, 3.05) is 6.61 Å². The summed E-state index contributed by atoms with van der Waals surface area (Å²) >= 11 is 0. The van der Waals surface area contributed by atoms with Crippen LogP contribution in [0.2, 0.25) is 0 Å². The summed E-state index contributed by atoms with van der Waals surface area (Å²) in [7, 11) is 0. The van der Waals surface area contributed by atoms with E-state index in [0.717, 1.165) is 18.4 Å². The second-order valence-corrected chi connectivity index (χ2v) is 5.06. The number of allylic oxidation sites excluding steroid dienone is 4. The highest BCUT2D eigenvalue weighted by molar-refractivity contribution is 5.32. The maximum atomic E-state index is 10.0. The molecular weight excluding hydrogens is 226 g/mol. The molecule has 0 amide bonds. The van der Waals surface area contributed by atoms with Gasteiger partial charge in [0.2, 0.25) is 0 Å². The van der Waals surface area contributed by atoms with Crippen LogP contribution in [-0.4, -0.2) is 16.8 Å². The van der Waals surface area contributed by atoms with Gasteiger partial charge in [-0.1, -0.05) is 11.6 Å². The van der Waals surface area contributed by atoms with Gasteiger partial charge in [0, 0.05) is 11.3 Å². The fourth-order valence-corrected chi connectivity index (χ4v) is 2.25. The van der Waals surface area contributed by atoms with Gasteiger partial charge in [-0.25, -0.2) is 0 Å². The van der Waals surface area contributed by atoms with E-state index in [-0.39, 0.29) is 12.4 Å². The van der Waals surface area contributed by atoms with Crippen molar-refractivity contribution in [3.63, 3.8) is 0 Å². The average molecular weight is 251 g/mol. The van der Waals surface area contributed by atoms with Crippen molar-refractivity contribution in [1.82, 2.24) is 0 Å². The molecule has 0 aromatic carbocycles. The molecular formula is C15H25NO2. The van der Waals surface area contributed by atoms with Gasteiger partial charge < -0.3 is 15.9 Å². The maximum absolute atomic E-state index is 10.0. The van der Waals surface area contributed by atoms with Gasteiger partial charge in [0.15, 0.2) is 0 Å². The number of hydrogen-bond acceptors (Lipinski definition) is 3. The Labute approximate surface area is 110 Å². The Bertz CT molecular complexity index is 374. The van der Waals surface area contributed by atoms with Gasteiger partial charge in [0.1, 0.15) is 5.76 Å². The third-order valence-corrected chi connectivity index (χ3v) is 3.48. The third kappa shape index (κ3) is 4.22. The molecule has 1 aliphatic carbocycles. The second kappa shape index (κ2) is 7.27. The molecule has 0 aromatic heterocycles. The lowest BCUT2D eigenvalue weighted by Gasteiger charge is -2.15. The quantitative estimate of drug-likeness (QED) is 0.399. The lowest BCUT2D eigenvalue weighted by Crippen LogP contribution is -2.05. The summed E-state index contributed by atoms with van der Waals surface area (Å²) in [6.45, 7) is 3.38. The topological polar surface area (TPSA) is 66.5 Å². The Kier molecular flexibility index (Phi) is 5.99. The Morgan fingerprint density at radius 1 is 1.33 bits per heavy atom. The number of aliphatic hydroxyl groups is 2. The fraction of sp³-hybridized carbons (Fsp3) is 0.600. The molecule has 0 saturated carbocycles. The average Bonchev–Trinajstić information content (AvgIpc) is 2.38. The molecule has 1 rings (SSSR count). The van der Waals surface area contributed by atoms with E-state index >= 15 is 0 Å². The molecule has 0 unspecified atom stereocenters. The molecule has 3 nitrogen and oxygen atoms in total.